The zero-order valence-electron chi connectivity index (χ0n) is 14.2. The summed E-state index contributed by atoms with van der Waals surface area (Å²) in [6.45, 7) is -0.103. The first-order chi connectivity index (χ1) is 12.9. The Labute approximate surface area is 164 Å². The number of aromatic nitrogens is 2. The summed E-state index contributed by atoms with van der Waals surface area (Å²) in [5.41, 5.74) is 1.08. The Morgan fingerprint density at radius 2 is 2.04 bits per heavy atom. The molecule has 10 heteroatoms. The molecule has 144 valence electrons. The molecule has 2 aromatic rings. The summed E-state index contributed by atoms with van der Waals surface area (Å²) in [5, 5.41) is 21.7. The molecule has 1 aromatic heterocycles. The molecule has 1 amide bonds. The molecule has 1 aromatic carbocycles. The van der Waals surface area contributed by atoms with Crippen molar-refractivity contribution in [3.63, 3.8) is 0 Å². The summed E-state index contributed by atoms with van der Waals surface area (Å²) in [5.74, 6) is -0.102. The highest BCUT2D eigenvalue weighted by Crippen LogP contribution is 2.24. The normalized spacial score (nSPS) is 13.6. The Morgan fingerprint density at radius 3 is 2.70 bits per heavy atom. The number of aliphatic hydroxyl groups is 2. The van der Waals surface area contributed by atoms with Crippen molar-refractivity contribution in [2.24, 2.45) is 0 Å². The van der Waals surface area contributed by atoms with Crippen LogP contribution in [0.4, 0.5) is 5.95 Å². The monoisotopic (exact) mass is 412 g/mol. The number of hydrogen-bond donors (Lipinski definition) is 4. The van der Waals surface area contributed by atoms with Crippen molar-refractivity contribution in [2.75, 3.05) is 25.1 Å². The quantitative estimate of drug-likeness (QED) is 0.582. The third-order valence-electron chi connectivity index (χ3n) is 4.31. The second kappa shape index (κ2) is 8.26. The first kappa shape index (κ1) is 19.6. The minimum atomic E-state index is -0.649. The maximum atomic E-state index is 12.7. The number of H-pyrrole nitrogens is 1. The molecule has 0 bridgehead atoms. The van der Waals surface area contributed by atoms with Gasteiger partial charge < -0.3 is 20.4 Å². The minimum Gasteiger partial charge on any atom is -0.394 e. The average molecular weight is 413 g/mol. The summed E-state index contributed by atoms with van der Waals surface area (Å²) in [7, 11) is 0. The van der Waals surface area contributed by atoms with Crippen molar-refractivity contribution in [3.8, 4) is 0 Å². The summed E-state index contributed by atoms with van der Waals surface area (Å²) in [6, 6.07) is 4.01. The van der Waals surface area contributed by atoms with Gasteiger partial charge in [0.2, 0.25) is 5.95 Å². The molecule has 0 saturated carbocycles. The van der Waals surface area contributed by atoms with Crippen LogP contribution in [0.5, 0.6) is 0 Å². The Bertz CT molecular complexity index is 914. The van der Waals surface area contributed by atoms with E-state index in [4.69, 9.17) is 33.4 Å². The van der Waals surface area contributed by atoms with Gasteiger partial charge in [0, 0.05) is 17.7 Å². The first-order valence-electron chi connectivity index (χ1n) is 8.27. The fourth-order valence-corrected chi connectivity index (χ4v) is 3.13. The molecule has 0 unspecified atom stereocenters. The van der Waals surface area contributed by atoms with Gasteiger partial charge in [0.05, 0.1) is 41.5 Å². The van der Waals surface area contributed by atoms with Gasteiger partial charge in [-0.05, 0) is 24.6 Å². The van der Waals surface area contributed by atoms with Crippen LogP contribution in [0.2, 0.25) is 10.0 Å². The molecule has 0 radical (unpaired) electrons. The molecule has 1 aliphatic rings. The van der Waals surface area contributed by atoms with Crippen LogP contribution in [0.15, 0.2) is 23.0 Å². The van der Waals surface area contributed by atoms with Gasteiger partial charge in [-0.25, -0.2) is 4.98 Å². The number of halogens is 2. The van der Waals surface area contributed by atoms with Gasteiger partial charge in [0.1, 0.15) is 0 Å². The largest absolute Gasteiger partial charge is 0.394 e. The number of hydrogen-bond acceptors (Lipinski definition) is 6. The van der Waals surface area contributed by atoms with E-state index in [1.807, 2.05) is 0 Å². The van der Waals surface area contributed by atoms with Crippen molar-refractivity contribution in [2.45, 2.75) is 19.0 Å². The number of aromatic amines is 1. The smallest absolute Gasteiger partial charge is 0.255 e. The van der Waals surface area contributed by atoms with E-state index >= 15 is 0 Å². The van der Waals surface area contributed by atoms with E-state index in [0.29, 0.717) is 39.8 Å². The van der Waals surface area contributed by atoms with Gasteiger partial charge in [0.25, 0.3) is 11.5 Å². The number of carbonyl (C=O) groups excluding carboxylic acids is 1. The van der Waals surface area contributed by atoms with Crippen molar-refractivity contribution in [3.05, 3.63) is 55.4 Å². The van der Waals surface area contributed by atoms with Crippen LogP contribution in [0.3, 0.4) is 0 Å². The molecule has 0 aliphatic carbocycles. The number of benzene rings is 1. The SMILES string of the molecule is O=C(c1ccc(Cl)c(Cl)c1)N1CCc2c(nc(NC(CO)CO)[nH]c2=O)C1. The Kier molecular flexibility index (Phi) is 6.01. The number of rotatable bonds is 5. The Morgan fingerprint density at radius 1 is 1.30 bits per heavy atom. The number of nitrogens with one attached hydrogen (secondary N) is 2. The third-order valence-corrected chi connectivity index (χ3v) is 5.05. The molecule has 4 N–H and O–H groups in total. The van der Waals surface area contributed by atoms with E-state index in [0.717, 1.165) is 0 Å². The van der Waals surface area contributed by atoms with Crippen molar-refractivity contribution in [1.29, 1.82) is 0 Å². The van der Waals surface area contributed by atoms with Crippen LogP contribution in [-0.2, 0) is 13.0 Å². The van der Waals surface area contributed by atoms with Crippen molar-refractivity contribution < 1.29 is 15.0 Å². The van der Waals surface area contributed by atoms with Gasteiger partial charge in [-0.15, -0.1) is 0 Å². The van der Waals surface area contributed by atoms with Crippen LogP contribution in [0.25, 0.3) is 0 Å². The zero-order chi connectivity index (χ0) is 19.6. The number of carbonyl (C=O) groups is 1. The fraction of sp³-hybridized carbons (Fsp3) is 0.353. The first-order valence-corrected chi connectivity index (χ1v) is 9.03. The summed E-state index contributed by atoms with van der Waals surface area (Å²) in [4.78, 5) is 33.5. The predicted octanol–water partition coefficient (Wildman–Crippen LogP) is 1.04. The molecule has 0 atom stereocenters. The Hall–Kier alpha value is -2.13. The molecule has 0 spiro atoms. The maximum absolute atomic E-state index is 12.7. The zero-order valence-corrected chi connectivity index (χ0v) is 15.7. The second-order valence-electron chi connectivity index (χ2n) is 6.15. The minimum absolute atomic E-state index is 0.135. The standard InChI is InChI=1S/C17H18Cl2N4O4/c18-12-2-1-9(5-13(12)19)16(27)23-4-3-11-14(6-23)21-17(22-15(11)26)20-10(7-24)8-25/h1-2,5,10,24-25H,3-4,6-8H2,(H2,20,21,22,26). The van der Waals surface area contributed by atoms with E-state index in [-0.39, 0.29) is 37.2 Å². The lowest BCUT2D eigenvalue weighted by atomic mass is 10.1. The number of anilines is 1. The van der Waals surface area contributed by atoms with Gasteiger partial charge in [-0.3, -0.25) is 14.6 Å². The van der Waals surface area contributed by atoms with Crippen LogP contribution >= 0.6 is 23.2 Å². The predicted molar refractivity (Wildman–Crippen MR) is 101 cm³/mol. The Balaban J connectivity index is 1.84. The van der Waals surface area contributed by atoms with Gasteiger partial charge >= 0.3 is 0 Å². The van der Waals surface area contributed by atoms with Crippen LogP contribution in [0.1, 0.15) is 21.6 Å². The van der Waals surface area contributed by atoms with Gasteiger partial charge in [0.15, 0.2) is 0 Å². The van der Waals surface area contributed by atoms with E-state index in [2.05, 4.69) is 15.3 Å². The van der Waals surface area contributed by atoms with Crippen LogP contribution < -0.4 is 10.9 Å². The number of amides is 1. The summed E-state index contributed by atoms with van der Waals surface area (Å²) >= 11 is 11.9. The fourth-order valence-electron chi connectivity index (χ4n) is 2.84. The average Bonchev–Trinajstić information content (AvgIpc) is 2.67. The lowest BCUT2D eigenvalue weighted by Crippen LogP contribution is -2.39. The lowest BCUT2D eigenvalue weighted by Gasteiger charge is -2.28. The molecule has 3 rings (SSSR count). The van der Waals surface area contributed by atoms with Crippen LogP contribution in [-0.4, -0.2) is 56.8 Å². The molecular weight excluding hydrogens is 395 g/mol. The topological polar surface area (TPSA) is 119 Å². The van der Waals surface area contributed by atoms with Crippen molar-refractivity contribution in [1.82, 2.24) is 14.9 Å². The van der Waals surface area contributed by atoms with Crippen molar-refractivity contribution >= 4 is 35.1 Å². The van der Waals surface area contributed by atoms with E-state index in [1.165, 1.54) is 6.07 Å². The molecule has 2 heterocycles. The molecule has 0 fully saturated rings. The van der Waals surface area contributed by atoms with E-state index in [1.54, 1.807) is 17.0 Å². The maximum Gasteiger partial charge on any atom is 0.255 e. The second-order valence-corrected chi connectivity index (χ2v) is 6.97. The van der Waals surface area contributed by atoms with E-state index < -0.39 is 6.04 Å². The molecule has 27 heavy (non-hydrogen) atoms. The highest BCUT2D eigenvalue weighted by molar-refractivity contribution is 6.42. The highest BCUT2D eigenvalue weighted by Gasteiger charge is 2.26. The van der Waals surface area contributed by atoms with Gasteiger partial charge in [-0.2, -0.15) is 0 Å². The summed E-state index contributed by atoms with van der Waals surface area (Å²) < 4.78 is 0. The lowest BCUT2D eigenvalue weighted by molar-refractivity contribution is 0.0731. The van der Waals surface area contributed by atoms with Gasteiger partial charge in [-0.1, -0.05) is 23.2 Å². The highest BCUT2D eigenvalue weighted by atomic mass is 35.5. The molecule has 1 aliphatic heterocycles. The molecular formula is C17H18Cl2N4O4. The number of aliphatic hydroxyl groups excluding tert-OH is 2. The third kappa shape index (κ3) is 4.24. The number of nitrogens with zero attached hydrogens (tertiary/aromatic N) is 2. The summed E-state index contributed by atoms with van der Waals surface area (Å²) in [6.07, 6.45) is 0.369. The van der Waals surface area contributed by atoms with E-state index in [9.17, 15) is 9.59 Å². The molecule has 8 nitrogen and oxygen atoms in total. The number of fused-ring (bicyclic) bond motifs is 1. The van der Waals surface area contributed by atoms with Crippen LogP contribution in [0, 0.1) is 0 Å². The molecule has 0 saturated heterocycles.